The molecule has 2 N–H and O–H groups in total. The molecular weight excluding hydrogens is 416 g/mol. The molecular formula is C27H28N2O4. The van der Waals surface area contributed by atoms with Crippen molar-refractivity contribution in [1.29, 1.82) is 0 Å². The lowest BCUT2D eigenvalue weighted by Gasteiger charge is -2.11. The van der Waals surface area contributed by atoms with E-state index in [0.29, 0.717) is 29.3 Å². The maximum absolute atomic E-state index is 12.7. The van der Waals surface area contributed by atoms with Crippen LogP contribution in [0, 0.1) is 0 Å². The summed E-state index contributed by atoms with van der Waals surface area (Å²) in [4.78, 5) is 25.1. The van der Waals surface area contributed by atoms with Crippen LogP contribution in [-0.4, -0.2) is 32.6 Å². The van der Waals surface area contributed by atoms with Gasteiger partial charge in [0.2, 0.25) is 5.91 Å². The van der Waals surface area contributed by atoms with Crippen molar-refractivity contribution >= 4 is 23.6 Å². The van der Waals surface area contributed by atoms with Crippen molar-refractivity contribution in [2.75, 3.05) is 26.1 Å². The van der Waals surface area contributed by atoms with E-state index in [2.05, 4.69) is 22.8 Å². The number of benzene rings is 3. The Labute approximate surface area is 194 Å². The summed E-state index contributed by atoms with van der Waals surface area (Å²) in [5.41, 5.74) is 2.90. The smallest absolute Gasteiger partial charge is 0.253 e. The molecule has 3 aromatic carbocycles. The molecule has 3 rings (SSSR count). The van der Waals surface area contributed by atoms with Crippen molar-refractivity contribution in [3.8, 4) is 11.5 Å². The van der Waals surface area contributed by atoms with Gasteiger partial charge in [-0.3, -0.25) is 9.59 Å². The first-order chi connectivity index (χ1) is 16.1. The van der Waals surface area contributed by atoms with Gasteiger partial charge in [-0.2, -0.15) is 0 Å². The number of rotatable bonds is 10. The summed E-state index contributed by atoms with van der Waals surface area (Å²) in [5.74, 6) is 0.633. The van der Waals surface area contributed by atoms with Crippen LogP contribution in [0.1, 0.15) is 27.9 Å². The first-order valence-electron chi connectivity index (χ1n) is 10.7. The molecule has 0 heterocycles. The monoisotopic (exact) mass is 444 g/mol. The van der Waals surface area contributed by atoms with Crippen LogP contribution in [0.2, 0.25) is 0 Å². The van der Waals surface area contributed by atoms with E-state index in [1.54, 1.807) is 56.7 Å². The highest BCUT2D eigenvalue weighted by atomic mass is 16.5. The van der Waals surface area contributed by atoms with Gasteiger partial charge in [-0.15, -0.1) is 0 Å². The summed E-state index contributed by atoms with van der Waals surface area (Å²) >= 11 is 0. The highest BCUT2D eigenvalue weighted by Crippen LogP contribution is 2.28. The standard InChI is InChI=1S/C27H28N2O4/c1-32-24-16-14-21(19-25(24)33-2)15-17-26(30)29-23-13-7-6-12-22(23)27(31)28-18-8-11-20-9-4-3-5-10-20/h3-7,9-10,12-17,19H,8,11,18H2,1-2H3,(H,28,31)(H,29,30). The summed E-state index contributed by atoms with van der Waals surface area (Å²) in [6.45, 7) is 0.551. The van der Waals surface area contributed by atoms with E-state index in [-0.39, 0.29) is 11.8 Å². The SMILES string of the molecule is COc1ccc(C=CC(=O)Nc2ccccc2C(=O)NCCCc2ccccc2)cc1OC. The van der Waals surface area contributed by atoms with Crippen LogP contribution in [0.5, 0.6) is 11.5 Å². The number of methoxy groups -OCH3 is 2. The molecule has 0 unspecified atom stereocenters. The van der Waals surface area contributed by atoms with E-state index in [9.17, 15) is 9.59 Å². The van der Waals surface area contributed by atoms with Crippen molar-refractivity contribution in [2.45, 2.75) is 12.8 Å². The van der Waals surface area contributed by atoms with Gasteiger partial charge in [0.1, 0.15) is 0 Å². The minimum Gasteiger partial charge on any atom is -0.493 e. The Bertz CT molecular complexity index is 1110. The van der Waals surface area contributed by atoms with Crippen LogP contribution in [0.15, 0.2) is 78.9 Å². The van der Waals surface area contributed by atoms with Crippen LogP contribution in [-0.2, 0) is 11.2 Å². The molecule has 0 aromatic heterocycles. The zero-order valence-corrected chi connectivity index (χ0v) is 18.8. The van der Waals surface area contributed by atoms with Crippen molar-refractivity contribution in [3.05, 3.63) is 95.6 Å². The minimum absolute atomic E-state index is 0.220. The molecule has 0 bridgehead atoms. The fourth-order valence-corrected chi connectivity index (χ4v) is 3.33. The molecule has 0 saturated heterocycles. The molecule has 6 nitrogen and oxygen atoms in total. The second-order valence-electron chi connectivity index (χ2n) is 7.33. The van der Waals surface area contributed by atoms with Crippen LogP contribution < -0.4 is 20.1 Å². The largest absolute Gasteiger partial charge is 0.493 e. The van der Waals surface area contributed by atoms with Gasteiger partial charge in [-0.25, -0.2) is 0 Å². The fourth-order valence-electron chi connectivity index (χ4n) is 3.33. The molecule has 0 radical (unpaired) electrons. The van der Waals surface area contributed by atoms with Gasteiger partial charge in [0.25, 0.3) is 5.91 Å². The lowest BCUT2D eigenvalue weighted by molar-refractivity contribution is -0.111. The Morgan fingerprint density at radius 1 is 0.879 bits per heavy atom. The second-order valence-corrected chi connectivity index (χ2v) is 7.33. The van der Waals surface area contributed by atoms with E-state index in [1.807, 2.05) is 24.3 Å². The first kappa shape index (κ1) is 23.6. The average molecular weight is 445 g/mol. The number of anilines is 1. The van der Waals surface area contributed by atoms with Crippen molar-refractivity contribution in [3.63, 3.8) is 0 Å². The summed E-state index contributed by atoms with van der Waals surface area (Å²) in [7, 11) is 3.12. The van der Waals surface area contributed by atoms with Gasteiger partial charge in [0, 0.05) is 12.6 Å². The van der Waals surface area contributed by atoms with Crippen LogP contribution in [0.3, 0.4) is 0 Å². The van der Waals surface area contributed by atoms with Crippen LogP contribution in [0.25, 0.3) is 6.08 Å². The molecule has 0 saturated carbocycles. The van der Waals surface area contributed by atoms with E-state index in [0.717, 1.165) is 18.4 Å². The Morgan fingerprint density at radius 2 is 1.61 bits per heavy atom. The molecule has 3 aromatic rings. The van der Waals surface area contributed by atoms with Crippen molar-refractivity contribution in [2.24, 2.45) is 0 Å². The normalized spacial score (nSPS) is 10.6. The zero-order valence-electron chi connectivity index (χ0n) is 18.8. The summed E-state index contributed by atoms with van der Waals surface area (Å²) in [6, 6.07) is 22.5. The zero-order chi connectivity index (χ0) is 23.5. The Balaban J connectivity index is 1.57. The number of para-hydroxylation sites is 1. The van der Waals surface area contributed by atoms with E-state index in [4.69, 9.17) is 9.47 Å². The number of hydrogen-bond donors (Lipinski definition) is 2. The fraction of sp³-hybridized carbons (Fsp3) is 0.185. The van der Waals surface area contributed by atoms with Gasteiger partial charge in [-0.05, 0) is 54.3 Å². The molecule has 0 atom stereocenters. The number of ether oxygens (including phenoxy) is 2. The maximum atomic E-state index is 12.7. The third kappa shape index (κ3) is 6.97. The first-order valence-corrected chi connectivity index (χ1v) is 10.7. The number of hydrogen-bond acceptors (Lipinski definition) is 4. The number of carbonyl (C=O) groups excluding carboxylic acids is 2. The molecule has 170 valence electrons. The van der Waals surface area contributed by atoms with Gasteiger partial charge < -0.3 is 20.1 Å². The maximum Gasteiger partial charge on any atom is 0.253 e. The predicted octanol–water partition coefficient (Wildman–Crippen LogP) is 4.72. The van der Waals surface area contributed by atoms with Crippen molar-refractivity contribution < 1.29 is 19.1 Å². The molecule has 0 fully saturated rings. The topological polar surface area (TPSA) is 76.7 Å². The predicted molar refractivity (Wildman–Crippen MR) is 131 cm³/mol. The number of amides is 2. The van der Waals surface area contributed by atoms with Gasteiger partial charge >= 0.3 is 0 Å². The summed E-state index contributed by atoms with van der Waals surface area (Å²) in [5, 5.41) is 5.72. The Hall–Kier alpha value is -4.06. The minimum atomic E-state index is -0.339. The number of carbonyl (C=O) groups is 2. The molecule has 0 aliphatic heterocycles. The lowest BCUT2D eigenvalue weighted by atomic mass is 10.1. The third-order valence-electron chi connectivity index (χ3n) is 5.03. The lowest BCUT2D eigenvalue weighted by Crippen LogP contribution is -2.26. The van der Waals surface area contributed by atoms with E-state index < -0.39 is 0 Å². The number of aryl methyl sites for hydroxylation is 1. The van der Waals surface area contributed by atoms with Gasteiger partial charge in [0.15, 0.2) is 11.5 Å². The van der Waals surface area contributed by atoms with Crippen LogP contribution >= 0.6 is 0 Å². The van der Waals surface area contributed by atoms with Gasteiger partial charge in [0.05, 0.1) is 25.5 Å². The summed E-state index contributed by atoms with van der Waals surface area (Å²) < 4.78 is 10.5. The molecule has 2 amide bonds. The Kier molecular flexibility index (Phi) is 8.65. The molecule has 0 spiro atoms. The quantitative estimate of drug-likeness (QED) is 0.350. The van der Waals surface area contributed by atoms with Gasteiger partial charge in [-0.1, -0.05) is 48.5 Å². The summed E-state index contributed by atoms with van der Waals surface area (Å²) in [6.07, 6.45) is 4.80. The molecule has 6 heteroatoms. The number of nitrogens with one attached hydrogen (secondary N) is 2. The third-order valence-corrected chi connectivity index (χ3v) is 5.03. The average Bonchev–Trinajstić information content (AvgIpc) is 2.86. The van der Waals surface area contributed by atoms with Crippen molar-refractivity contribution in [1.82, 2.24) is 5.32 Å². The molecule has 0 aliphatic rings. The highest BCUT2D eigenvalue weighted by Gasteiger charge is 2.12. The van der Waals surface area contributed by atoms with Crippen LogP contribution in [0.4, 0.5) is 5.69 Å². The highest BCUT2D eigenvalue weighted by molar-refractivity contribution is 6.07. The molecule has 0 aliphatic carbocycles. The Morgan fingerprint density at radius 3 is 2.36 bits per heavy atom. The van der Waals surface area contributed by atoms with E-state index >= 15 is 0 Å². The molecule has 33 heavy (non-hydrogen) atoms. The second kappa shape index (κ2) is 12.1. The van der Waals surface area contributed by atoms with E-state index in [1.165, 1.54) is 11.6 Å².